The second-order valence-electron chi connectivity index (χ2n) is 8.76. The number of halogens is 2. The molecule has 0 aliphatic rings. The molecular weight excluding hydrogens is 539 g/mol. The summed E-state index contributed by atoms with van der Waals surface area (Å²) in [5.74, 6) is 0.0384. The Morgan fingerprint density at radius 1 is 0.972 bits per heavy atom. The zero-order valence-electron chi connectivity index (χ0n) is 20.6. The lowest BCUT2D eigenvalue weighted by atomic mass is 10.0. The van der Waals surface area contributed by atoms with Gasteiger partial charge in [-0.2, -0.15) is 0 Å². The lowest BCUT2D eigenvalue weighted by Crippen LogP contribution is -2.52. The third-order valence-corrected chi connectivity index (χ3v) is 7.50. The first-order valence-electron chi connectivity index (χ1n) is 12.1. The van der Waals surface area contributed by atoms with Crippen LogP contribution in [0.4, 0.5) is 4.39 Å². The molecule has 0 aliphatic heterocycles. The quantitative estimate of drug-likeness (QED) is 0.275. The molecule has 190 valence electrons. The van der Waals surface area contributed by atoms with Crippen LogP contribution in [0.2, 0.25) is 0 Å². The Balaban J connectivity index is 1.86. The van der Waals surface area contributed by atoms with E-state index in [1.165, 1.54) is 22.7 Å². The summed E-state index contributed by atoms with van der Waals surface area (Å²) >= 11 is 4.92. The molecule has 2 atom stereocenters. The van der Waals surface area contributed by atoms with Gasteiger partial charge in [0.1, 0.15) is 11.9 Å². The molecule has 3 aromatic carbocycles. The van der Waals surface area contributed by atoms with Gasteiger partial charge in [-0.25, -0.2) is 4.39 Å². The molecule has 3 aromatic rings. The van der Waals surface area contributed by atoms with Gasteiger partial charge >= 0.3 is 0 Å². The maximum atomic E-state index is 14.6. The first kappa shape index (κ1) is 27.9. The maximum Gasteiger partial charge on any atom is 0.243 e. The van der Waals surface area contributed by atoms with Crippen molar-refractivity contribution in [3.63, 3.8) is 0 Å². The number of amides is 2. The summed E-state index contributed by atoms with van der Waals surface area (Å²) in [6, 6.07) is 23.2. The summed E-state index contributed by atoms with van der Waals surface area (Å²) in [4.78, 5) is 28.6. The Morgan fingerprint density at radius 3 is 2.31 bits per heavy atom. The Kier molecular flexibility index (Phi) is 11.0. The number of nitrogens with one attached hydrogen (secondary N) is 1. The summed E-state index contributed by atoms with van der Waals surface area (Å²) in [7, 11) is 0. The summed E-state index contributed by atoms with van der Waals surface area (Å²) in [5, 5.41) is 3.04. The van der Waals surface area contributed by atoms with Crippen molar-refractivity contribution in [2.45, 2.75) is 51.1 Å². The molecule has 3 rings (SSSR count). The Hall–Kier alpha value is -2.64. The summed E-state index contributed by atoms with van der Waals surface area (Å²) < 4.78 is 15.6. The number of thioether (sulfide) groups is 1. The molecule has 0 aliphatic carbocycles. The fraction of sp³-hybridized carbons (Fsp3) is 0.310. The van der Waals surface area contributed by atoms with Crippen molar-refractivity contribution in [3.8, 4) is 0 Å². The molecule has 0 saturated carbocycles. The van der Waals surface area contributed by atoms with E-state index in [0.29, 0.717) is 17.7 Å². The van der Waals surface area contributed by atoms with E-state index in [9.17, 15) is 14.0 Å². The minimum Gasteiger partial charge on any atom is -0.352 e. The van der Waals surface area contributed by atoms with Crippen molar-refractivity contribution < 1.29 is 14.0 Å². The zero-order valence-corrected chi connectivity index (χ0v) is 23.0. The van der Waals surface area contributed by atoms with Crippen molar-refractivity contribution in [1.29, 1.82) is 0 Å². The maximum absolute atomic E-state index is 14.6. The van der Waals surface area contributed by atoms with E-state index in [-0.39, 0.29) is 30.2 Å². The number of nitrogens with zero attached hydrogens (tertiary/aromatic N) is 1. The van der Waals surface area contributed by atoms with Gasteiger partial charge < -0.3 is 10.2 Å². The van der Waals surface area contributed by atoms with E-state index >= 15 is 0 Å². The van der Waals surface area contributed by atoms with Crippen molar-refractivity contribution >= 4 is 39.5 Å². The largest absolute Gasteiger partial charge is 0.352 e. The first-order valence-corrected chi connectivity index (χ1v) is 14.0. The predicted molar refractivity (Wildman–Crippen MR) is 149 cm³/mol. The molecule has 0 fully saturated rings. The molecule has 0 spiro atoms. The number of hydrogen-bond acceptors (Lipinski definition) is 3. The number of benzene rings is 3. The van der Waals surface area contributed by atoms with Crippen LogP contribution in [0.3, 0.4) is 0 Å². The highest BCUT2D eigenvalue weighted by Gasteiger charge is 2.31. The molecular formula is C29H32BrFN2O2S. The van der Waals surface area contributed by atoms with Gasteiger partial charge in [0.05, 0.1) is 5.75 Å². The molecule has 36 heavy (non-hydrogen) atoms. The highest BCUT2D eigenvalue weighted by molar-refractivity contribution is 9.10. The van der Waals surface area contributed by atoms with Gasteiger partial charge in [-0.1, -0.05) is 83.5 Å². The lowest BCUT2D eigenvalue weighted by molar-refractivity contribution is -0.139. The highest BCUT2D eigenvalue weighted by atomic mass is 79.9. The average Bonchev–Trinajstić information content (AvgIpc) is 2.88. The molecule has 4 nitrogen and oxygen atoms in total. The van der Waals surface area contributed by atoms with Crippen LogP contribution in [0.5, 0.6) is 0 Å². The summed E-state index contributed by atoms with van der Waals surface area (Å²) in [5.41, 5.74) is 2.43. The van der Waals surface area contributed by atoms with E-state index in [2.05, 4.69) is 21.2 Å². The van der Waals surface area contributed by atoms with Crippen molar-refractivity contribution in [2.75, 3.05) is 5.75 Å². The minimum atomic E-state index is -0.762. The fourth-order valence-corrected chi connectivity index (χ4v) is 4.86. The number of hydrogen-bond donors (Lipinski definition) is 1. The Morgan fingerprint density at radius 2 is 1.64 bits per heavy atom. The second kappa shape index (κ2) is 14.2. The fourth-order valence-electron chi connectivity index (χ4n) is 3.72. The van der Waals surface area contributed by atoms with Crippen LogP contribution in [-0.4, -0.2) is 34.6 Å². The smallest absolute Gasteiger partial charge is 0.243 e. The highest BCUT2D eigenvalue weighted by Crippen LogP contribution is 2.20. The van der Waals surface area contributed by atoms with E-state index in [1.54, 1.807) is 18.2 Å². The lowest BCUT2D eigenvalue weighted by Gasteiger charge is -2.32. The van der Waals surface area contributed by atoms with Crippen LogP contribution in [0.1, 0.15) is 37.0 Å². The van der Waals surface area contributed by atoms with Gasteiger partial charge in [0.2, 0.25) is 11.8 Å². The van der Waals surface area contributed by atoms with Crippen molar-refractivity contribution in [3.05, 3.63) is 106 Å². The van der Waals surface area contributed by atoms with E-state index in [0.717, 1.165) is 22.0 Å². The standard InChI is InChI=1S/C29H32BrFN2O2S/c1-3-21(2)32-29(35)27(17-22-9-5-4-6-10-22)33(18-24-11-7-8-12-26(24)31)28(34)20-36-19-23-13-15-25(30)16-14-23/h4-16,21,27H,3,17-20H2,1-2H3,(H,32,35)/t21-,27-/m0/s1. The molecule has 0 unspecified atom stereocenters. The number of carbonyl (C=O) groups excluding carboxylic acids is 2. The molecule has 0 aromatic heterocycles. The minimum absolute atomic E-state index is 0.0236. The van der Waals surface area contributed by atoms with Crippen LogP contribution in [-0.2, 0) is 28.3 Å². The third-order valence-electron chi connectivity index (χ3n) is 5.98. The number of carbonyl (C=O) groups is 2. The summed E-state index contributed by atoms with van der Waals surface area (Å²) in [6.45, 7) is 3.96. The van der Waals surface area contributed by atoms with Gasteiger partial charge in [-0.15, -0.1) is 11.8 Å². The van der Waals surface area contributed by atoms with Crippen molar-refractivity contribution in [1.82, 2.24) is 10.2 Å². The Labute approximate surface area is 225 Å². The van der Waals surface area contributed by atoms with Gasteiger partial charge in [-0.05, 0) is 42.7 Å². The first-order chi connectivity index (χ1) is 17.4. The van der Waals surface area contributed by atoms with Gasteiger partial charge in [0, 0.05) is 34.8 Å². The molecule has 0 bridgehead atoms. The van der Waals surface area contributed by atoms with Crippen LogP contribution in [0, 0.1) is 5.82 Å². The van der Waals surface area contributed by atoms with E-state index < -0.39 is 11.9 Å². The van der Waals surface area contributed by atoms with Crippen molar-refractivity contribution in [2.24, 2.45) is 0 Å². The van der Waals surface area contributed by atoms with Gasteiger partial charge in [0.15, 0.2) is 0 Å². The topological polar surface area (TPSA) is 49.4 Å². The molecule has 0 radical (unpaired) electrons. The van der Waals surface area contributed by atoms with E-state index in [4.69, 9.17) is 0 Å². The Bertz CT molecular complexity index is 1130. The van der Waals surface area contributed by atoms with Crippen LogP contribution >= 0.6 is 27.7 Å². The predicted octanol–water partition coefficient (Wildman–Crippen LogP) is 6.38. The number of rotatable bonds is 12. The second-order valence-corrected chi connectivity index (χ2v) is 10.7. The molecule has 7 heteroatoms. The monoisotopic (exact) mass is 570 g/mol. The van der Waals surface area contributed by atoms with E-state index in [1.807, 2.05) is 68.4 Å². The molecule has 0 heterocycles. The van der Waals surface area contributed by atoms with Crippen LogP contribution < -0.4 is 5.32 Å². The van der Waals surface area contributed by atoms with Crippen LogP contribution in [0.15, 0.2) is 83.3 Å². The summed E-state index contributed by atoms with van der Waals surface area (Å²) in [6.07, 6.45) is 1.12. The van der Waals surface area contributed by atoms with Gasteiger partial charge in [-0.3, -0.25) is 9.59 Å². The molecule has 1 N–H and O–H groups in total. The zero-order chi connectivity index (χ0) is 25.9. The van der Waals surface area contributed by atoms with Gasteiger partial charge in [0.25, 0.3) is 0 Å². The molecule has 2 amide bonds. The van der Waals surface area contributed by atoms with Crippen LogP contribution in [0.25, 0.3) is 0 Å². The normalized spacial score (nSPS) is 12.6. The SMILES string of the molecule is CC[C@H](C)NC(=O)[C@H](Cc1ccccc1)N(Cc1ccccc1F)C(=O)CSCc1ccc(Br)cc1. The average molecular weight is 572 g/mol. The molecule has 0 saturated heterocycles. The third kappa shape index (κ3) is 8.49.